The highest BCUT2D eigenvalue weighted by Crippen LogP contribution is 2.43. The Hall–Kier alpha value is -4.07. The van der Waals surface area contributed by atoms with Crippen molar-refractivity contribution in [3.8, 4) is 11.1 Å². The van der Waals surface area contributed by atoms with Crippen LogP contribution in [0.1, 0.15) is 89.6 Å². The van der Waals surface area contributed by atoms with E-state index in [0.29, 0.717) is 23.1 Å². The summed E-state index contributed by atoms with van der Waals surface area (Å²) in [6, 6.07) is 14.6. The largest absolute Gasteiger partial charge is 0.385 e. The Morgan fingerprint density at radius 2 is 1.76 bits per heavy atom. The number of Topliss-reactive ketones (excluding diaryl/α,β-unsaturated/α-hetero) is 2. The van der Waals surface area contributed by atoms with Gasteiger partial charge in [0.1, 0.15) is 0 Å². The Kier molecular flexibility index (Phi) is 6.56. The van der Waals surface area contributed by atoms with Crippen molar-refractivity contribution in [3.05, 3.63) is 71.5 Å². The first-order valence-corrected chi connectivity index (χ1v) is 14.9. The highest BCUT2D eigenvalue weighted by molar-refractivity contribution is 6.28. The van der Waals surface area contributed by atoms with Gasteiger partial charge in [0.2, 0.25) is 11.8 Å². The van der Waals surface area contributed by atoms with Crippen LogP contribution in [0.5, 0.6) is 0 Å². The van der Waals surface area contributed by atoms with E-state index in [1.54, 1.807) is 12.1 Å². The molecule has 210 valence electrons. The molecule has 2 N–H and O–H groups in total. The smallest absolute Gasteiger partial charge is 0.230 e. The maximum absolute atomic E-state index is 13.1. The molecule has 3 aliphatic carbocycles. The van der Waals surface area contributed by atoms with Crippen molar-refractivity contribution in [2.45, 2.75) is 63.3 Å². The molecule has 3 fully saturated rings. The van der Waals surface area contributed by atoms with E-state index < -0.39 is 17.7 Å². The maximum Gasteiger partial charge on any atom is 0.230 e. The summed E-state index contributed by atoms with van der Waals surface area (Å²) in [5.74, 6) is -1.90. The lowest BCUT2D eigenvalue weighted by molar-refractivity contribution is -0.137. The van der Waals surface area contributed by atoms with Crippen molar-refractivity contribution in [2.75, 3.05) is 11.9 Å². The van der Waals surface area contributed by atoms with Gasteiger partial charge in [0.25, 0.3) is 0 Å². The molecular formula is C33H34N4O4. The Bertz CT molecular complexity index is 1550. The van der Waals surface area contributed by atoms with Crippen molar-refractivity contribution >= 4 is 29.1 Å². The molecule has 7 rings (SSSR count). The number of amides is 2. The molecule has 2 atom stereocenters. The lowest BCUT2D eigenvalue weighted by Gasteiger charge is -2.35. The number of carbonyl (C=O) groups is 4. The fourth-order valence-corrected chi connectivity index (χ4v) is 6.77. The average Bonchev–Trinajstić information content (AvgIpc) is 3.64. The summed E-state index contributed by atoms with van der Waals surface area (Å²) >= 11 is 0. The number of carbonyl (C=O) groups excluding carboxylic acids is 4. The second-order valence-corrected chi connectivity index (χ2v) is 12.2. The Balaban J connectivity index is 0.881. The number of imide groups is 1. The highest BCUT2D eigenvalue weighted by atomic mass is 16.2. The fourth-order valence-electron chi connectivity index (χ4n) is 6.77. The SMILES string of the molecule is O=C1CCC(C2C(=O)c3ccc(NCCC[C@H]4C[C@H](n5cc(-c6cccc(C7CC7)c6)cn5)C4)cc3C2=O)C(=O)N1. The molecule has 2 heterocycles. The molecule has 8 heteroatoms. The number of hydrogen-bond acceptors (Lipinski definition) is 6. The summed E-state index contributed by atoms with van der Waals surface area (Å²) in [6.45, 7) is 0.780. The van der Waals surface area contributed by atoms with Crippen molar-refractivity contribution in [2.24, 2.45) is 17.8 Å². The van der Waals surface area contributed by atoms with E-state index in [4.69, 9.17) is 0 Å². The molecule has 2 amide bonds. The zero-order chi connectivity index (χ0) is 28.1. The van der Waals surface area contributed by atoms with Gasteiger partial charge in [-0.15, -0.1) is 0 Å². The minimum Gasteiger partial charge on any atom is -0.385 e. The van der Waals surface area contributed by atoms with Gasteiger partial charge in [0.15, 0.2) is 11.6 Å². The molecule has 1 aliphatic heterocycles. The van der Waals surface area contributed by atoms with Crippen LogP contribution in [0.4, 0.5) is 5.69 Å². The normalized spacial score (nSPS) is 25.6. The van der Waals surface area contributed by atoms with Gasteiger partial charge in [-0.1, -0.05) is 24.3 Å². The first kappa shape index (κ1) is 25.9. The first-order valence-electron chi connectivity index (χ1n) is 14.9. The number of rotatable bonds is 9. The third-order valence-corrected chi connectivity index (χ3v) is 9.37. The van der Waals surface area contributed by atoms with E-state index in [2.05, 4.69) is 50.9 Å². The van der Waals surface area contributed by atoms with Crippen LogP contribution in [0.3, 0.4) is 0 Å². The van der Waals surface area contributed by atoms with Crippen molar-refractivity contribution < 1.29 is 19.2 Å². The fraction of sp³-hybridized carbons (Fsp3) is 0.424. The van der Waals surface area contributed by atoms with Crippen LogP contribution in [0.2, 0.25) is 0 Å². The summed E-state index contributed by atoms with van der Waals surface area (Å²) in [4.78, 5) is 49.9. The summed E-state index contributed by atoms with van der Waals surface area (Å²) in [6.07, 6.45) is 11.6. The molecule has 2 aromatic carbocycles. The van der Waals surface area contributed by atoms with Crippen molar-refractivity contribution in [1.29, 1.82) is 0 Å². The van der Waals surface area contributed by atoms with Gasteiger partial charge in [0, 0.05) is 41.5 Å². The van der Waals surface area contributed by atoms with Gasteiger partial charge in [-0.05, 0) is 86.1 Å². The van der Waals surface area contributed by atoms with Crippen LogP contribution in [0.25, 0.3) is 11.1 Å². The van der Waals surface area contributed by atoms with Crippen LogP contribution >= 0.6 is 0 Å². The zero-order valence-corrected chi connectivity index (χ0v) is 23.0. The van der Waals surface area contributed by atoms with Crippen molar-refractivity contribution in [1.82, 2.24) is 15.1 Å². The Morgan fingerprint density at radius 3 is 2.56 bits per heavy atom. The highest BCUT2D eigenvalue weighted by Gasteiger charge is 2.47. The molecule has 1 aromatic heterocycles. The van der Waals surface area contributed by atoms with E-state index in [-0.39, 0.29) is 30.3 Å². The van der Waals surface area contributed by atoms with Gasteiger partial charge in [0.05, 0.1) is 24.1 Å². The number of piperidine rings is 1. The van der Waals surface area contributed by atoms with Gasteiger partial charge in [-0.3, -0.25) is 29.2 Å². The molecule has 41 heavy (non-hydrogen) atoms. The van der Waals surface area contributed by atoms with Crippen LogP contribution in [-0.4, -0.2) is 39.7 Å². The molecule has 1 saturated heterocycles. The molecule has 0 bridgehead atoms. The third-order valence-electron chi connectivity index (χ3n) is 9.37. The van der Waals surface area contributed by atoms with Crippen LogP contribution < -0.4 is 10.6 Å². The number of ketones is 2. The molecule has 2 unspecified atom stereocenters. The van der Waals surface area contributed by atoms with E-state index >= 15 is 0 Å². The summed E-state index contributed by atoms with van der Waals surface area (Å²) < 4.78 is 2.14. The average molecular weight is 551 g/mol. The van der Waals surface area contributed by atoms with Gasteiger partial charge >= 0.3 is 0 Å². The van der Waals surface area contributed by atoms with Crippen molar-refractivity contribution in [3.63, 3.8) is 0 Å². The number of fused-ring (bicyclic) bond motifs is 1. The third kappa shape index (κ3) is 5.00. The Morgan fingerprint density at radius 1 is 0.927 bits per heavy atom. The van der Waals surface area contributed by atoms with Crippen LogP contribution in [-0.2, 0) is 9.59 Å². The molecular weight excluding hydrogens is 516 g/mol. The molecule has 0 spiro atoms. The van der Waals surface area contributed by atoms with Gasteiger partial charge < -0.3 is 5.32 Å². The number of benzene rings is 2. The lowest BCUT2D eigenvalue weighted by Crippen LogP contribution is -2.46. The number of anilines is 1. The predicted octanol–water partition coefficient (Wildman–Crippen LogP) is 5.32. The molecule has 4 aliphatic rings. The standard InChI is InChI=1S/C33H34N4O4/c38-29-11-10-27(33(41)36-29)30-31(39)26-9-8-24(16-28(26)32(30)40)34-12-2-3-19-13-25(14-19)37-18-23(17-35-37)22-5-1-4-21(15-22)20-6-7-20/h1,4-5,8-9,15-20,25,27,30,34H,2-3,6-7,10-14H2,(H,36,38,41)/t19-,25-,27?,30?. The monoisotopic (exact) mass is 550 g/mol. The van der Waals surface area contributed by atoms with E-state index in [9.17, 15) is 19.2 Å². The zero-order valence-electron chi connectivity index (χ0n) is 23.0. The van der Waals surface area contributed by atoms with Crippen LogP contribution in [0.15, 0.2) is 54.9 Å². The molecule has 3 aromatic rings. The van der Waals surface area contributed by atoms with Crippen LogP contribution in [0, 0.1) is 17.8 Å². The number of nitrogens with zero attached hydrogens (tertiary/aromatic N) is 2. The van der Waals surface area contributed by atoms with Gasteiger partial charge in [-0.25, -0.2) is 0 Å². The van der Waals surface area contributed by atoms with E-state index in [1.165, 1.54) is 29.5 Å². The predicted molar refractivity (Wildman–Crippen MR) is 154 cm³/mol. The number of nitrogens with one attached hydrogen (secondary N) is 2. The number of hydrogen-bond donors (Lipinski definition) is 2. The lowest BCUT2D eigenvalue weighted by atomic mass is 9.77. The molecule has 8 nitrogen and oxygen atoms in total. The van der Waals surface area contributed by atoms with E-state index in [1.807, 2.05) is 12.3 Å². The Labute approximate surface area is 238 Å². The second-order valence-electron chi connectivity index (χ2n) is 12.2. The molecule has 0 radical (unpaired) electrons. The topological polar surface area (TPSA) is 110 Å². The van der Waals surface area contributed by atoms with Gasteiger partial charge in [-0.2, -0.15) is 5.10 Å². The minimum absolute atomic E-state index is 0.149. The second kappa shape index (κ2) is 10.4. The number of aromatic nitrogens is 2. The molecule has 2 saturated carbocycles. The first-order chi connectivity index (χ1) is 19.9. The summed E-state index contributed by atoms with van der Waals surface area (Å²) in [7, 11) is 0. The minimum atomic E-state index is -1.03. The summed E-state index contributed by atoms with van der Waals surface area (Å²) in [5.41, 5.74) is 5.44. The van der Waals surface area contributed by atoms with E-state index in [0.717, 1.165) is 43.8 Å². The summed E-state index contributed by atoms with van der Waals surface area (Å²) in [5, 5.41) is 10.3. The maximum atomic E-state index is 13.1. The quantitative estimate of drug-likeness (QED) is 0.212.